The third-order valence-electron chi connectivity index (χ3n) is 9.96. The maximum absolute atomic E-state index is 5.73. The van der Waals surface area contributed by atoms with E-state index >= 15 is 0 Å². The van der Waals surface area contributed by atoms with Crippen LogP contribution in [0.15, 0.2) is 169 Å². The molecule has 2 atom stereocenters. The first-order valence-corrected chi connectivity index (χ1v) is 18.5. The Balaban J connectivity index is 1.27. The predicted molar refractivity (Wildman–Crippen MR) is 221 cm³/mol. The van der Waals surface area contributed by atoms with Crippen LogP contribution in [0.4, 0.5) is 17.2 Å². The van der Waals surface area contributed by atoms with Crippen LogP contribution in [0.25, 0.3) is 6.08 Å². The Bertz CT molecular complexity index is 2050. The van der Waals surface area contributed by atoms with Crippen molar-refractivity contribution in [2.45, 2.75) is 38.9 Å². The molecule has 0 saturated carbocycles. The molecule has 5 aromatic carbocycles. The van der Waals surface area contributed by atoms with Gasteiger partial charge in [0, 0.05) is 43.8 Å². The van der Waals surface area contributed by atoms with E-state index in [1.54, 1.807) is 7.11 Å². The summed E-state index contributed by atoms with van der Waals surface area (Å²) >= 11 is 0. The number of rotatable bonds is 14. The second-order valence-electron chi connectivity index (χ2n) is 13.3. The molecule has 6 nitrogen and oxygen atoms in total. The molecule has 0 aliphatic carbocycles. The molecular formula is C47H47N5O. The summed E-state index contributed by atoms with van der Waals surface area (Å²) in [6, 6.07) is 53.4. The van der Waals surface area contributed by atoms with Gasteiger partial charge >= 0.3 is 0 Å². The lowest BCUT2D eigenvalue weighted by Gasteiger charge is -2.29. The molecule has 1 aromatic heterocycles. The van der Waals surface area contributed by atoms with Crippen LogP contribution in [0.3, 0.4) is 0 Å². The average molecular weight is 698 g/mol. The Morgan fingerprint density at radius 1 is 0.623 bits per heavy atom. The molecule has 0 bridgehead atoms. The normalized spacial score (nSPS) is 15.4. The maximum Gasteiger partial charge on any atom is 0.149 e. The molecule has 0 N–H and O–H groups in total. The minimum atomic E-state index is -0.146. The second kappa shape index (κ2) is 16.9. The van der Waals surface area contributed by atoms with Crippen LogP contribution in [0.5, 0.6) is 5.75 Å². The van der Waals surface area contributed by atoms with Gasteiger partial charge in [0.25, 0.3) is 0 Å². The maximum atomic E-state index is 5.73. The van der Waals surface area contributed by atoms with Crippen molar-refractivity contribution in [1.82, 2.24) is 4.98 Å². The quantitative estimate of drug-likeness (QED) is 0.113. The molecule has 53 heavy (non-hydrogen) atoms. The van der Waals surface area contributed by atoms with Gasteiger partial charge in [-0.3, -0.25) is 0 Å². The van der Waals surface area contributed by atoms with Crippen molar-refractivity contribution in [3.05, 3.63) is 192 Å². The lowest BCUT2D eigenvalue weighted by Crippen LogP contribution is -2.25. The summed E-state index contributed by atoms with van der Waals surface area (Å²) in [5.74, 6) is 1.53. The second-order valence-corrected chi connectivity index (χ2v) is 13.3. The fraction of sp³-hybridized carbons (Fsp3) is 0.191. The van der Waals surface area contributed by atoms with Crippen molar-refractivity contribution in [3.63, 3.8) is 0 Å². The predicted octanol–water partition coefficient (Wildman–Crippen LogP) is 10.6. The number of hydrazone groups is 1. The number of allylic oxidation sites excluding steroid dienone is 1. The van der Waals surface area contributed by atoms with Crippen LogP contribution >= 0.6 is 0 Å². The smallest absolute Gasteiger partial charge is 0.149 e. The molecule has 1 aliphatic rings. The van der Waals surface area contributed by atoms with Crippen LogP contribution in [0, 0.1) is 0 Å². The summed E-state index contributed by atoms with van der Waals surface area (Å²) in [5, 5.41) is 7.42. The van der Waals surface area contributed by atoms with Gasteiger partial charge in [-0.15, -0.1) is 0 Å². The SMILES string of the molecule is CCN(CC)c1ccc(C=CC2=NN(c3ccccn3)C(c3ccc(N(Cc4ccccc4)Cc4ccccc4)cc3)C2c2cccc(OC)c2)cc1. The van der Waals surface area contributed by atoms with Crippen molar-refractivity contribution in [3.8, 4) is 5.75 Å². The van der Waals surface area contributed by atoms with Gasteiger partial charge < -0.3 is 14.5 Å². The minimum Gasteiger partial charge on any atom is -0.497 e. The van der Waals surface area contributed by atoms with E-state index in [4.69, 9.17) is 14.8 Å². The molecule has 2 unspecified atom stereocenters. The molecule has 6 heteroatoms. The van der Waals surface area contributed by atoms with Gasteiger partial charge in [0.2, 0.25) is 0 Å². The van der Waals surface area contributed by atoms with Gasteiger partial charge in [-0.05, 0) is 96.3 Å². The van der Waals surface area contributed by atoms with Crippen LogP contribution in [-0.4, -0.2) is 30.9 Å². The van der Waals surface area contributed by atoms with Crippen LogP contribution < -0.4 is 19.5 Å². The number of benzene rings is 5. The van der Waals surface area contributed by atoms with E-state index in [1.807, 2.05) is 30.5 Å². The van der Waals surface area contributed by atoms with Gasteiger partial charge in [-0.1, -0.05) is 109 Å². The van der Waals surface area contributed by atoms with Crippen LogP contribution in [0.1, 0.15) is 53.6 Å². The van der Waals surface area contributed by atoms with E-state index < -0.39 is 0 Å². The van der Waals surface area contributed by atoms with Crippen LogP contribution in [-0.2, 0) is 13.1 Å². The molecule has 7 rings (SSSR count). The summed E-state index contributed by atoms with van der Waals surface area (Å²) in [4.78, 5) is 9.59. The third-order valence-corrected chi connectivity index (χ3v) is 9.96. The number of hydrogen-bond acceptors (Lipinski definition) is 6. The summed E-state index contributed by atoms with van der Waals surface area (Å²) < 4.78 is 5.73. The lowest BCUT2D eigenvalue weighted by molar-refractivity contribution is 0.414. The van der Waals surface area contributed by atoms with E-state index in [1.165, 1.54) is 16.8 Å². The number of ether oxygens (including phenoxy) is 1. The highest BCUT2D eigenvalue weighted by Gasteiger charge is 2.40. The zero-order valence-corrected chi connectivity index (χ0v) is 30.8. The molecule has 6 aromatic rings. The van der Waals surface area contributed by atoms with E-state index in [2.05, 4.69) is 168 Å². The monoisotopic (exact) mass is 697 g/mol. The van der Waals surface area contributed by atoms with E-state index in [0.29, 0.717) is 0 Å². The Hall–Kier alpha value is -6.14. The lowest BCUT2D eigenvalue weighted by atomic mass is 9.83. The molecule has 0 fully saturated rings. The standard InChI is InChI=1S/C47H47N5O/c1-4-50(5-2)41-27-22-36(23-28-41)24-31-44-46(40-19-14-20-43(33-40)53-3)47(52(49-44)45-21-12-13-32-48-45)39-25-29-42(30-26-39)51(34-37-15-8-6-9-16-37)35-38-17-10-7-11-18-38/h6-33,46-47H,4-5,34-35H2,1-3H3. The summed E-state index contributed by atoms with van der Waals surface area (Å²) in [5.41, 5.74) is 9.31. The van der Waals surface area contributed by atoms with Crippen LogP contribution in [0.2, 0.25) is 0 Å². The summed E-state index contributed by atoms with van der Waals surface area (Å²) in [6.07, 6.45) is 6.18. The van der Waals surface area contributed by atoms with Crippen molar-refractivity contribution in [2.24, 2.45) is 5.10 Å². The topological polar surface area (TPSA) is 44.2 Å². The van der Waals surface area contributed by atoms with E-state index in [9.17, 15) is 0 Å². The molecular weight excluding hydrogens is 651 g/mol. The highest BCUT2D eigenvalue weighted by molar-refractivity contribution is 6.06. The Morgan fingerprint density at radius 2 is 1.25 bits per heavy atom. The first-order valence-electron chi connectivity index (χ1n) is 18.5. The highest BCUT2D eigenvalue weighted by Crippen LogP contribution is 2.45. The Labute approximate surface area is 314 Å². The summed E-state index contributed by atoms with van der Waals surface area (Å²) in [7, 11) is 1.72. The van der Waals surface area contributed by atoms with Crippen molar-refractivity contribution in [1.29, 1.82) is 0 Å². The molecule has 2 heterocycles. The molecule has 0 amide bonds. The third kappa shape index (κ3) is 8.34. The molecule has 0 radical (unpaired) electrons. The first kappa shape index (κ1) is 35.3. The fourth-order valence-electron chi connectivity index (χ4n) is 7.19. The van der Waals surface area contributed by atoms with E-state index in [0.717, 1.165) is 65.8 Å². The molecule has 0 saturated heterocycles. The van der Waals surface area contributed by atoms with Crippen molar-refractivity contribution >= 4 is 29.0 Å². The van der Waals surface area contributed by atoms with Gasteiger partial charge in [-0.25, -0.2) is 9.99 Å². The largest absolute Gasteiger partial charge is 0.497 e. The number of nitrogens with zero attached hydrogens (tertiary/aromatic N) is 5. The number of pyridine rings is 1. The summed E-state index contributed by atoms with van der Waals surface area (Å²) in [6.45, 7) is 7.95. The van der Waals surface area contributed by atoms with Gasteiger partial charge in [0.1, 0.15) is 11.6 Å². The molecule has 0 spiro atoms. The number of aromatic nitrogens is 1. The minimum absolute atomic E-state index is 0.0890. The van der Waals surface area contributed by atoms with Gasteiger partial charge in [0.05, 0.1) is 24.8 Å². The number of methoxy groups -OCH3 is 1. The number of hydrogen-bond donors (Lipinski definition) is 0. The Morgan fingerprint density at radius 3 is 1.85 bits per heavy atom. The average Bonchev–Trinajstić information content (AvgIpc) is 3.61. The zero-order valence-electron chi connectivity index (χ0n) is 30.8. The van der Waals surface area contributed by atoms with Crippen molar-refractivity contribution in [2.75, 3.05) is 35.0 Å². The zero-order chi connectivity index (χ0) is 36.4. The van der Waals surface area contributed by atoms with Gasteiger partial charge in [0.15, 0.2) is 0 Å². The molecule has 1 aliphatic heterocycles. The van der Waals surface area contributed by atoms with Crippen molar-refractivity contribution < 1.29 is 4.74 Å². The highest BCUT2D eigenvalue weighted by atomic mass is 16.5. The number of anilines is 3. The molecule has 266 valence electrons. The van der Waals surface area contributed by atoms with Gasteiger partial charge in [-0.2, -0.15) is 5.10 Å². The Kier molecular flexibility index (Phi) is 11.3. The fourth-order valence-corrected chi connectivity index (χ4v) is 7.19. The van der Waals surface area contributed by atoms with E-state index in [-0.39, 0.29) is 12.0 Å². The first-order chi connectivity index (χ1) is 26.1.